The van der Waals surface area contributed by atoms with Crippen molar-refractivity contribution in [1.29, 1.82) is 0 Å². The van der Waals surface area contributed by atoms with Crippen LogP contribution in [0.25, 0.3) is 0 Å². The molecule has 3 heterocycles. The Morgan fingerprint density at radius 1 is 1.23 bits per heavy atom. The lowest BCUT2D eigenvalue weighted by Crippen LogP contribution is -2.49. The maximum atomic E-state index is 12.3. The van der Waals surface area contributed by atoms with Gasteiger partial charge < -0.3 is 15.3 Å². The minimum Gasteiger partial charge on any atom is -0.394 e. The van der Waals surface area contributed by atoms with Crippen molar-refractivity contribution in [2.24, 2.45) is 0 Å². The average Bonchev–Trinajstić information content (AvgIpc) is 3.00. The second-order valence-electron chi connectivity index (χ2n) is 9.27. The van der Waals surface area contributed by atoms with Crippen molar-refractivity contribution >= 4 is 34.2 Å². The van der Waals surface area contributed by atoms with E-state index in [2.05, 4.69) is 27.3 Å². The van der Waals surface area contributed by atoms with Crippen molar-refractivity contribution in [3.8, 4) is 0 Å². The Kier molecular flexibility index (Phi) is 5.69. The van der Waals surface area contributed by atoms with Crippen LogP contribution in [0.1, 0.15) is 56.4 Å². The summed E-state index contributed by atoms with van der Waals surface area (Å²) in [4.78, 5) is 12.5. The molecule has 166 valence electrons. The van der Waals surface area contributed by atoms with Gasteiger partial charge in [-0.05, 0) is 68.6 Å². The molecular formula is C23H29ClN4O2S. The minimum absolute atomic E-state index is 0.0554. The van der Waals surface area contributed by atoms with Gasteiger partial charge in [-0.25, -0.2) is 4.98 Å². The third-order valence-electron chi connectivity index (χ3n) is 7.35. The predicted octanol–water partition coefficient (Wildman–Crippen LogP) is 4.11. The molecule has 1 aromatic carbocycles. The van der Waals surface area contributed by atoms with Crippen molar-refractivity contribution in [2.45, 2.75) is 73.4 Å². The van der Waals surface area contributed by atoms with Crippen molar-refractivity contribution in [3.63, 3.8) is 0 Å². The fraction of sp³-hybridized carbons (Fsp3) is 0.565. The lowest BCUT2D eigenvalue weighted by molar-refractivity contribution is 0.143. The molecule has 3 aliphatic rings. The van der Waals surface area contributed by atoms with Gasteiger partial charge in [-0.1, -0.05) is 23.7 Å². The number of nitrogens with zero attached hydrogens (tertiary/aromatic N) is 3. The fourth-order valence-electron chi connectivity index (χ4n) is 5.47. The van der Waals surface area contributed by atoms with Crippen molar-refractivity contribution < 1.29 is 9.32 Å². The van der Waals surface area contributed by atoms with Crippen molar-refractivity contribution in [2.75, 3.05) is 23.1 Å². The minimum atomic E-state index is -1.20. The number of halogens is 1. The first-order valence-electron chi connectivity index (χ1n) is 11.1. The van der Waals surface area contributed by atoms with Gasteiger partial charge in [-0.15, -0.1) is 0 Å². The van der Waals surface area contributed by atoms with E-state index in [1.807, 2.05) is 12.1 Å². The second-order valence-corrected chi connectivity index (χ2v) is 11.1. The van der Waals surface area contributed by atoms with Crippen LogP contribution < -0.4 is 10.2 Å². The molecule has 0 radical (unpaired) electrons. The highest BCUT2D eigenvalue weighted by Gasteiger charge is 2.43. The molecule has 2 aromatic rings. The van der Waals surface area contributed by atoms with Gasteiger partial charge in [0.05, 0.1) is 34.0 Å². The number of hydrogen-bond donors (Lipinski definition) is 2. The van der Waals surface area contributed by atoms with Crippen LogP contribution in [0.15, 0.2) is 35.4 Å². The highest BCUT2D eigenvalue weighted by Crippen LogP contribution is 2.45. The maximum Gasteiger partial charge on any atom is 0.227 e. The molecule has 3 fully saturated rings. The summed E-state index contributed by atoms with van der Waals surface area (Å²) in [6.45, 7) is 0.0554. The van der Waals surface area contributed by atoms with E-state index in [0.717, 1.165) is 50.0 Å². The molecule has 1 aromatic heterocycles. The molecule has 5 rings (SSSR count). The largest absolute Gasteiger partial charge is 0.394 e. The molecule has 3 atom stereocenters. The summed E-state index contributed by atoms with van der Waals surface area (Å²) >= 11 is 6.08. The zero-order chi connectivity index (χ0) is 21.6. The number of nitrogens with one attached hydrogen (secondary N) is 1. The van der Waals surface area contributed by atoms with Crippen LogP contribution in [0.5, 0.6) is 0 Å². The molecule has 2 bridgehead atoms. The smallest absolute Gasteiger partial charge is 0.227 e. The number of benzene rings is 1. The van der Waals surface area contributed by atoms with Crippen LogP contribution in [0.2, 0.25) is 5.02 Å². The Morgan fingerprint density at radius 3 is 2.45 bits per heavy atom. The first-order chi connectivity index (χ1) is 15.0. The van der Waals surface area contributed by atoms with Gasteiger partial charge in [0, 0.05) is 23.4 Å². The SMILES string of the molecule is C[S@@](=O)c1cnc(N2C3CCC2CC(c2ccc(Cl)cc2)C3)nc1NC1(CO)CCC1. The van der Waals surface area contributed by atoms with Gasteiger partial charge in [-0.3, -0.25) is 4.21 Å². The van der Waals surface area contributed by atoms with Gasteiger partial charge in [-0.2, -0.15) is 4.98 Å². The highest BCUT2D eigenvalue weighted by atomic mass is 35.5. The van der Waals surface area contributed by atoms with E-state index in [9.17, 15) is 9.32 Å². The summed E-state index contributed by atoms with van der Waals surface area (Å²) in [5.41, 5.74) is 1.01. The number of piperidine rings is 1. The molecule has 2 saturated heterocycles. The van der Waals surface area contributed by atoms with Crippen LogP contribution in [0, 0.1) is 0 Å². The predicted molar refractivity (Wildman–Crippen MR) is 124 cm³/mol. The molecule has 8 heteroatoms. The van der Waals surface area contributed by atoms with E-state index < -0.39 is 10.8 Å². The van der Waals surface area contributed by atoms with Gasteiger partial charge in [0.1, 0.15) is 5.82 Å². The molecule has 1 aliphatic carbocycles. The van der Waals surface area contributed by atoms with Crippen LogP contribution in [-0.4, -0.2) is 49.8 Å². The number of rotatable bonds is 6. The number of aliphatic hydroxyl groups is 1. The van der Waals surface area contributed by atoms with E-state index in [4.69, 9.17) is 16.6 Å². The molecule has 31 heavy (non-hydrogen) atoms. The van der Waals surface area contributed by atoms with Gasteiger partial charge >= 0.3 is 0 Å². The summed E-state index contributed by atoms with van der Waals surface area (Å²) in [5, 5.41) is 14.1. The quantitative estimate of drug-likeness (QED) is 0.675. The van der Waals surface area contributed by atoms with Crippen molar-refractivity contribution in [1.82, 2.24) is 9.97 Å². The molecule has 6 nitrogen and oxygen atoms in total. The Balaban J connectivity index is 1.41. The van der Waals surface area contributed by atoms with Crippen LogP contribution in [-0.2, 0) is 10.8 Å². The van der Waals surface area contributed by atoms with E-state index in [1.165, 1.54) is 5.56 Å². The molecule has 1 saturated carbocycles. The van der Waals surface area contributed by atoms with Gasteiger partial charge in [0.15, 0.2) is 0 Å². The van der Waals surface area contributed by atoms with Crippen LogP contribution in [0.3, 0.4) is 0 Å². The lowest BCUT2D eigenvalue weighted by atomic mass is 9.77. The number of fused-ring (bicyclic) bond motifs is 2. The Hall–Kier alpha value is -1.70. The van der Waals surface area contributed by atoms with E-state index in [-0.39, 0.29) is 12.1 Å². The monoisotopic (exact) mass is 460 g/mol. The zero-order valence-corrected chi connectivity index (χ0v) is 19.3. The number of aliphatic hydroxyl groups excluding tert-OH is 1. The normalized spacial score (nSPS) is 27.6. The third kappa shape index (κ3) is 3.96. The van der Waals surface area contributed by atoms with E-state index >= 15 is 0 Å². The molecule has 2 aliphatic heterocycles. The number of aromatic nitrogens is 2. The van der Waals surface area contributed by atoms with Crippen LogP contribution >= 0.6 is 11.6 Å². The summed E-state index contributed by atoms with van der Waals surface area (Å²) in [6.07, 6.45) is 10.7. The first kappa shape index (κ1) is 21.2. The fourth-order valence-corrected chi connectivity index (χ4v) is 6.17. The van der Waals surface area contributed by atoms with E-state index in [0.29, 0.717) is 34.7 Å². The molecule has 2 unspecified atom stereocenters. The van der Waals surface area contributed by atoms with Crippen molar-refractivity contribution in [3.05, 3.63) is 41.0 Å². The molecule has 0 spiro atoms. The summed E-state index contributed by atoms with van der Waals surface area (Å²) < 4.78 is 12.3. The topological polar surface area (TPSA) is 78.4 Å². The first-order valence-corrected chi connectivity index (χ1v) is 13.0. The summed E-state index contributed by atoms with van der Waals surface area (Å²) in [7, 11) is -1.20. The molecule has 0 amide bonds. The Morgan fingerprint density at radius 2 is 1.90 bits per heavy atom. The summed E-state index contributed by atoms with van der Waals surface area (Å²) in [5.74, 6) is 1.85. The summed E-state index contributed by atoms with van der Waals surface area (Å²) in [6, 6.07) is 9.07. The standard InChI is InChI=1S/C23H29ClN4O2S/c1-31(30)20-13-25-22(26-21(20)27-23(14-29)9-2-10-23)28-18-7-8-19(28)12-16(11-18)15-3-5-17(24)6-4-15/h3-6,13,16,18-19,29H,2,7-12,14H2,1H3,(H,25,26,27)/t16?,18?,19?,31-/m1/s1. The molecular weight excluding hydrogens is 432 g/mol. The lowest BCUT2D eigenvalue weighted by Gasteiger charge is -2.42. The highest BCUT2D eigenvalue weighted by molar-refractivity contribution is 7.84. The Labute approximate surface area is 190 Å². The number of anilines is 2. The maximum absolute atomic E-state index is 12.3. The third-order valence-corrected chi connectivity index (χ3v) is 8.52. The van der Waals surface area contributed by atoms with Gasteiger partial charge in [0.2, 0.25) is 5.95 Å². The van der Waals surface area contributed by atoms with Gasteiger partial charge in [0.25, 0.3) is 0 Å². The van der Waals surface area contributed by atoms with Crippen LogP contribution in [0.4, 0.5) is 11.8 Å². The second kappa shape index (κ2) is 8.34. The Bertz CT molecular complexity index is 963. The molecule has 2 N–H and O–H groups in total. The zero-order valence-electron chi connectivity index (χ0n) is 17.8. The van der Waals surface area contributed by atoms with E-state index in [1.54, 1.807) is 12.5 Å². The number of hydrogen-bond acceptors (Lipinski definition) is 6. The average molecular weight is 461 g/mol.